The second-order valence-electron chi connectivity index (χ2n) is 5.07. The summed E-state index contributed by atoms with van der Waals surface area (Å²) < 4.78 is 0. The van der Waals surface area contributed by atoms with Crippen LogP contribution in [0.25, 0.3) is 0 Å². The van der Waals surface area contributed by atoms with Crippen molar-refractivity contribution in [2.45, 2.75) is 38.8 Å². The van der Waals surface area contributed by atoms with Crippen molar-refractivity contribution in [2.75, 3.05) is 20.1 Å². The lowest BCUT2D eigenvalue weighted by Crippen LogP contribution is -2.34. The van der Waals surface area contributed by atoms with Gasteiger partial charge in [-0.25, -0.2) is 0 Å². The second-order valence-corrected chi connectivity index (χ2v) is 6.04. The lowest BCUT2D eigenvalue weighted by Gasteiger charge is -2.20. The number of rotatable bonds is 8. The predicted octanol–water partition coefficient (Wildman–Crippen LogP) is 1.98. The molecule has 1 aromatic rings. The normalized spacial score (nSPS) is 12.9. The molecule has 5 heteroatoms. The Morgan fingerprint density at radius 3 is 2.79 bits per heavy atom. The fourth-order valence-electron chi connectivity index (χ4n) is 1.66. The van der Waals surface area contributed by atoms with Crippen LogP contribution in [0.4, 0.5) is 0 Å². The van der Waals surface area contributed by atoms with Gasteiger partial charge < -0.3 is 16.0 Å². The molecule has 0 aliphatic heterocycles. The number of hydrogen-bond acceptors (Lipinski definition) is 4. The first-order chi connectivity index (χ1) is 9.02. The molecule has 0 saturated carbocycles. The van der Waals surface area contributed by atoms with Crippen molar-refractivity contribution in [3.63, 3.8) is 0 Å². The summed E-state index contributed by atoms with van der Waals surface area (Å²) >= 11 is 1.52. The van der Waals surface area contributed by atoms with Crippen molar-refractivity contribution in [3.8, 4) is 0 Å². The van der Waals surface area contributed by atoms with Gasteiger partial charge >= 0.3 is 0 Å². The molecule has 108 valence electrons. The highest BCUT2D eigenvalue weighted by atomic mass is 32.1. The Morgan fingerprint density at radius 1 is 1.47 bits per heavy atom. The molecule has 1 amide bonds. The Morgan fingerprint density at radius 2 is 2.21 bits per heavy atom. The summed E-state index contributed by atoms with van der Waals surface area (Å²) in [7, 11) is 2.12. The number of nitrogens with one attached hydrogen (secondary N) is 1. The fraction of sp³-hybridized carbons (Fsp3) is 0.643. The van der Waals surface area contributed by atoms with E-state index in [2.05, 4.69) is 31.1 Å². The van der Waals surface area contributed by atoms with E-state index in [1.165, 1.54) is 11.3 Å². The SMILES string of the molecule is CC(C)N(C)CCCCNC(=O)C(N)c1cccs1. The van der Waals surface area contributed by atoms with Crippen LogP contribution in [0.3, 0.4) is 0 Å². The molecule has 0 saturated heterocycles. The van der Waals surface area contributed by atoms with Gasteiger partial charge in [0.2, 0.25) is 5.91 Å². The number of thiophene rings is 1. The van der Waals surface area contributed by atoms with Gasteiger partial charge in [0, 0.05) is 17.5 Å². The van der Waals surface area contributed by atoms with E-state index in [9.17, 15) is 4.79 Å². The number of amides is 1. The molecule has 1 aromatic heterocycles. The third-order valence-electron chi connectivity index (χ3n) is 3.25. The summed E-state index contributed by atoms with van der Waals surface area (Å²) in [6.07, 6.45) is 2.07. The third kappa shape index (κ3) is 5.72. The molecule has 1 atom stereocenters. The van der Waals surface area contributed by atoms with Crippen LogP contribution in [-0.2, 0) is 4.79 Å². The molecule has 0 aromatic carbocycles. The van der Waals surface area contributed by atoms with Gasteiger partial charge in [0.25, 0.3) is 0 Å². The summed E-state index contributed by atoms with van der Waals surface area (Å²) in [4.78, 5) is 15.0. The molecule has 0 aliphatic rings. The van der Waals surface area contributed by atoms with E-state index in [-0.39, 0.29) is 5.91 Å². The van der Waals surface area contributed by atoms with Crippen LogP contribution in [0.2, 0.25) is 0 Å². The summed E-state index contributed by atoms with van der Waals surface area (Å²) in [5, 5.41) is 4.83. The predicted molar refractivity (Wildman–Crippen MR) is 81.3 cm³/mol. The van der Waals surface area contributed by atoms with Crippen LogP contribution >= 0.6 is 11.3 Å². The van der Waals surface area contributed by atoms with Gasteiger partial charge in [-0.3, -0.25) is 4.79 Å². The lowest BCUT2D eigenvalue weighted by atomic mass is 10.2. The van der Waals surface area contributed by atoms with E-state index in [4.69, 9.17) is 5.73 Å². The van der Waals surface area contributed by atoms with Crippen LogP contribution in [-0.4, -0.2) is 37.0 Å². The maximum Gasteiger partial charge on any atom is 0.242 e. The van der Waals surface area contributed by atoms with Crippen LogP contribution in [0, 0.1) is 0 Å². The largest absolute Gasteiger partial charge is 0.354 e. The molecule has 1 heterocycles. The number of nitrogens with two attached hydrogens (primary N) is 1. The van der Waals surface area contributed by atoms with E-state index in [1.807, 2.05) is 17.5 Å². The van der Waals surface area contributed by atoms with E-state index in [0.717, 1.165) is 24.3 Å². The highest BCUT2D eigenvalue weighted by molar-refractivity contribution is 7.10. The first-order valence-corrected chi connectivity index (χ1v) is 7.67. The summed E-state index contributed by atoms with van der Waals surface area (Å²) in [5.41, 5.74) is 5.88. The minimum absolute atomic E-state index is 0.0836. The maximum absolute atomic E-state index is 11.8. The zero-order valence-electron chi connectivity index (χ0n) is 12.1. The summed E-state index contributed by atoms with van der Waals surface area (Å²) in [5.74, 6) is -0.0836. The Balaban J connectivity index is 2.14. The number of nitrogens with zero attached hydrogens (tertiary/aromatic N) is 1. The molecule has 4 nitrogen and oxygen atoms in total. The van der Waals surface area contributed by atoms with Crippen LogP contribution in [0.1, 0.15) is 37.6 Å². The maximum atomic E-state index is 11.8. The van der Waals surface area contributed by atoms with E-state index >= 15 is 0 Å². The van der Waals surface area contributed by atoms with Gasteiger partial charge in [0.05, 0.1) is 0 Å². The molecule has 1 rings (SSSR count). The topological polar surface area (TPSA) is 58.4 Å². The van der Waals surface area contributed by atoms with Crippen molar-refractivity contribution < 1.29 is 4.79 Å². The molecule has 0 bridgehead atoms. The Kier molecular flexibility index (Phi) is 7.05. The van der Waals surface area contributed by atoms with Crippen LogP contribution in [0.5, 0.6) is 0 Å². The molecule has 19 heavy (non-hydrogen) atoms. The lowest BCUT2D eigenvalue weighted by molar-refractivity contribution is -0.122. The molecule has 0 fully saturated rings. The van der Waals surface area contributed by atoms with Crippen LogP contribution in [0.15, 0.2) is 17.5 Å². The monoisotopic (exact) mass is 283 g/mol. The fourth-order valence-corrected chi connectivity index (χ4v) is 2.39. The smallest absolute Gasteiger partial charge is 0.242 e. The van der Waals surface area contributed by atoms with Gasteiger partial charge in [-0.05, 0) is 51.7 Å². The van der Waals surface area contributed by atoms with Crippen molar-refractivity contribution in [2.24, 2.45) is 5.73 Å². The molecule has 3 N–H and O–H groups in total. The third-order valence-corrected chi connectivity index (χ3v) is 4.21. The highest BCUT2D eigenvalue weighted by Gasteiger charge is 2.15. The molecular formula is C14H25N3OS. The van der Waals surface area contributed by atoms with Gasteiger partial charge in [0.15, 0.2) is 0 Å². The van der Waals surface area contributed by atoms with Gasteiger partial charge in [-0.1, -0.05) is 6.07 Å². The number of hydrogen-bond donors (Lipinski definition) is 2. The van der Waals surface area contributed by atoms with Crippen molar-refractivity contribution in [1.29, 1.82) is 0 Å². The molecule has 0 radical (unpaired) electrons. The summed E-state index contributed by atoms with van der Waals surface area (Å²) in [6.45, 7) is 6.12. The zero-order chi connectivity index (χ0) is 14.3. The second kappa shape index (κ2) is 8.30. The van der Waals surface area contributed by atoms with Crippen molar-refractivity contribution in [3.05, 3.63) is 22.4 Å². The van der Waals surface area contributed by atoms with Crippen molar-refractivity contribution in [1.82, 2.24) is 10.2 Å². The Labute approximate surface area is 120 Å². The molecule has 0 aliphatic carbocycles. The minimum atomic E-state index is -0.529. The van der Waals surface area contributed by atoms with Crippen LogP contribution < -0.4 is 11.1 Å². The van der Waals surface area contributed by atoms with E-state index < -0.39 is 6.04 Å². The van der Waals surface area contributed by atoms with E-state index in [1.54, 1.807) is 0 Å². The number of carbonyl (C=O) groups is 1. The molecule has 1 unspecified atom stereocenters. The Hall–Kier alpha value is -0.910. The number of carbonyl (C=O) groups excluding carboxylic acids is 1. The Bertz CT molecular complexity index is 365. The molecular weight excluding hydrogens is 258 g/mol. The average molecular weight is 283 g/mol. The summed E-state index contributed by atoms with van der Waals surface area (Å²) in [6, 6.07) is 3.85. The quantitative estimate of drug-likeness (QED) is 0.717. The first kappa shape index (κ1) is 16.1. The zero-order valence-corrected chi connectivity index (χ0v) is 12.9. The first-order valence-electron chi connectivity index (χ1n) is 6.79. The highest BCUT2D eigenvalue weighted by Crippen LogP contribution is 2.16. The van der Waals surface area contributed by atoms with Gasteiger partial charge in [-0.2, -0.15) is 0 Å². The minimum Gasteiger partial charge on any atom is -0.354 e. The van der Waals surface area contributed by atoms with Crippen molar-refractivity contribution >= 4 is 17.2 Å². The molecule has 0 spiro atoms. The standard InChI is InChI=1S/C14H25N3OS/c1-11(2)17(3)9-5-4-8-16-14(18)13(15)12-7-6-10-19-12/h6-7,10-11,13H,4-5,8-9,15H2,1-3H3,(H,16,18). The average Bonchev–Trinajstić information content (AvgIpc) is 2.90. The van der Waals surface area contributed by atoms with Gasteiger partial charge in [0.1, 0.15) is 6.04 Å². The number of unbranched alkanes of at least 4 members (excludes halogenated alkanes) is 1. The van der Waals surface area contributed by atoms with E-state index in [0.29, 0.717) is 12.6 Å². The van der Waals surface area contributed by atoms with Gasteiger partial charge in [-0.15, -0.1) is 11.3 Å².